The molecule has 0 amide bonds. The average molecular weight is 229 g/mol. The molecule has 0 aliphatic heterocycles. The van der Waals surface area contributed by atoms with Gasteiger partial charge in [-0.25, -0.2) is 0 Å². The molecule has 0 radical (unpaired) electrons. The van der Waals surface area contributed by atoms with Crippen LogP contribution < -0.4 is 5.32 Å². The second kappa shape index (κ2) is 5.15. The highest BCUT2D eigenvalue weighted by Crippen LogP contribution is 2.24. The third-order valence-electron chi connectivity index (χ3n) is 3.01. The molecular formula is C14H19N3. The number of rotatable bonds is 4. The van der Waals surface area contributed by atoms with Crippen LogP contribution in [0.3, 0.4) is 0 Å². The van der Waals surface area contributed by atoms with Crippen molar-refractivity contribution in [2.24, 2.45) is 7.05 Å². The van der Waals surface area contributed by atoms with Gasteiger partial charge in [0.1, 0.15) is 0 Å². The number of benzene rings is 1. The van der Waals surface area contributed by atoms with Crippen LogP contribution in [0.25, 0.3) is 0 Å². The zero-order valence-electron chi connectivity index (χ0n) is 10.6. The molecule has 0 saturated carbocycles. The topological polar surface area (TPSA) is 29.9 Å². The van der Waals surface area contributed by atoms with Crippen LogP contribution in [-0.4, -0.2) is 16.8 Å². The van der Waals surface area contributed by atoms with Gasteiger partial charge < -0.3 is 5.32 Å². The third kappa shape index (κ3) is 2.39. The molecule has 17 heavy (non-hydrogen) atoms. The van der Waals surface area contributed by atoms with Gasteiger partial charge in [0.2, 0.25) is 0 Å². The molecule has 1 N–H and O–H groups in total. The molecule has 0 bridgehead atoms. The summed E-state index contributed by atoms with van der Waals surface area (Å²) in [7, 11) is 3.96. The van der Waals surface area contributed by atoms with Gasteiger partial charge in [-0.15, -0.1) is 0 Å². The van der Waals surface area contributed by atoms with E-state index >= 15 is 0 Å². The SMILES string of the molecule is CCc1nn(C)cc1C(NC)c1ccccc1. The molecular weight excluding hydrogens is 210 g/mol. The standard InChI is InChI=1S/C14H19N3/c1-4-13-12(10-17(3)16-13)14(15-2)11-8-6-5-7-9-11/h5-10,14-15H,4H2,1-3H3. The van der Waals surface area contributed by atoms with Gasteiger partial charge in [-0.3, -0.25) is 4.68 Å². The van der Waals surface area contributed by atoms with E-state index in [0.29, 0.717) is 0 Å². The van der Waals surface area contributed by atoms with Crippen LogP contribution in [0.2, 0.25) is 0 Å². The van der Waals surface area contributed by atoms with Crippen LogP contribution in [0.4, 0.5) is 0 Å². The molecule has 0 spiro atoms. The first-order chi connectivity index (χ1) is 8.26. The number of aromatic nitrogens is 2. The summed E-state index contributed by atoms with van der Waals surface area (Å²) in [5.74, 6) is 0. The summed E-state index contributed by atoms with van der Waals surface area (Å²) in [4.78, 5) is 0. The molecule has 1 aromatic carbocycles. The van der Waals surface area contributed by atoms with Crippen molar-refractivity contribution in [1.29, 1.82) is 0 Å². The number of hydrogen-bond acceptors (Lipinski definition) is 2. The summed E-state index contributed by atoms with van der Waals surface area (Å²) < 4.78 is 1.89. The van der Waals surface area contributed by atoms with Crippen molar-refractivity contribution in [3.05, 3.63) is 53.3 Å². The zero-order valence-corrected chi connectivity index (χ0v) is 10.6. The van der Waals surface area contributed by atoms with Crippen LogP contribution >= 0.6 is 0 Å². The predicted molar refractivity (Wildman–Crippen MR) is 69.9 cm³/mol. The highest BCUT2D eigenvalue weighted by atomic mass is 15.3. The maximum Gasteiger partial charge on any atom is 0.0673 e. The minimum atomic E-state index is 0.222. The van der Waals surface area contributed by atoms with Gasteiger partial charge >= 0.3 is 0 Å². The highest BCUT2D eigenvalue weighted by molar-refractivity contribution is 5.33. The van der Waals surface area contributed by atoms with Gasteiger partial charge in [0.15, 0.2) is 0 Å². The molecule has 0 fully saturated rings. The minimum absolute atomic E-state index is 0.222. The Labute approximate surface area is 102 Å². The Morgan fingerprint density at radius 3 is 2.59 bits per heavy atom. The number of nitrogens with one attached hydrogen (secondary N) is 1. The van der Waals surface area contributed by atoms with Gasteiger partial charge in [0.05, 0.1) is 11.7 Å². The van der Waals surface area contributed by atoms with Gasteiger partial charge in [0, 0.05) is 18.8 Å². The van der Waals surface area contributed by atoms with Crippen molar-refractivity contribution in [2.45, 2.75) is 19.4 Å². The van der Waals surface area contributed by atoms with E-state index in [4.69, 9.17) is 0 Å². The van der Waals surface area contributed by atoms with Crippen molar-refractivity contribution >= 4 is 0 Å². The normalized spacial score (nSPS) is 12.6. The Morgan fingerprint density at radius 1 is 1.29 bits per heavy atom. The largest absolute Gasteiger partial charge is 0.309 e. The lowest BCUT2D eigenvalue weighted by Crippen LogP contribution is -2.18. The first kappa shape index (κ1) is 11.9. The molecule has 2 rings (SSSR count). The number of aryl methyl sites for hydroxylation is 2. The Morgan fingerprint density at radius 2 is 2.00 bits per heavy atom. The van der Waals surface area contributed by atoms with Crippen molar-refractivity contribution in [3.63, 3.8) is 0 Å². The van der Waals surface area contributed by atoms with Crippen molar-refractivity contribution in [1.82, 2.24) is 15.1 Å². The van der Waals surface area contributed by atoms with E-state index in [1.165, 1.54) is 11.1 Å². The van der Waals surface area contributed by atoms with Crippen molar-refractivity contribution in [3.8, 4) is 0 Å². The van der Waals surface area contributed by atoms with Crippen molar-refractivity contribution < 1.29 is 0 Å². The maximum absolute atomic E-state index is 4.50. The lowest BCUT2D eigenvalue weighted by atomic mass is 9.98. The molecule has 1 aromatic heterocycles. The second-order valence-electron chi connectivity index (χ2n) is 4.19. The summed E-state index contributed by atoms with van der Waals surface area (Å²) in [5, 5.41) is 7.87. The van der Waals surface area contributed by atoms with Crippen LogP contribution in [0.15, 0.2) is 36.5 Å². The van der Waals surface area contributed by atoms with E-state index in [1.807, 2.05) is 24.8 Å². The lowest BCUT2D eigenvalue weighted by Gasteiger charge is -2.16. The molecule has 0 aliphatic carbocycles. The second-order valence-corrected chi connectivity index (χ2v) is 4.19. The molecule has 0 aliphatic rings. The average Bonchev–Trinajstić information content (AvgIpc) is 2.73. The van der Waals surface area contributed by atoms with Crippen LogP contribution in [-0.2, 0) is 13.5 Å². The molecule has 1 atom stereocenters. The highest BCUT2D eigenvalue weighted by Gasteiger charge is 2.17. The van der Waals surface area contributed by atoms with E-state index in [1.54, 1.807) is 0 Å². The Bertz CT molecular complexity index is 473. The first-order valence-electron chi connectivity index (χ1n) is 6.01. The molecule has 3 heteroatoms. The monoisotopic (exact) mass is 229 g/mol. The minimum Gasteiger partial charge on any atom is -0.309 e. The van der Waals surface area contributed by atoms with Gasteiger partial charge in [-0.1, -0.05) is 37.3 Å². The Kier molecular flexibility index (Phi) is 3.59. The van der Waals surface area contributed by atoms with Gasteiger partial charge in [-0.2, -0.15) is 5.10 Å². The van der Waals surface area contributed by atoms with E-state index in [-0.39, 0.29) is 6.04 Å². The Balaban J connectivity index is 2.42. The first-order valence-corrected chi connectivity index (χ1v) is 6.01. The zero-order chi connectivity index (χ0) is 12.3. The van der Waals surface area contributed by atoms with Gasteiger partial charge in [-0.05, 0) is 19.0 Å². The van der Waals surface area contributed by atoms with Crippen LogP contribution in [0, 0.1) is 0 Å². The van der Waals surface area contributed by atoms with E-state index in [2.05, 4.69) is 47.8 Å². The summed E-state index contributed by atoms with van der Waals surface area (Å²) in [6, 6.07) is 10.7. The van der Waals surface area contributed by atoms with Crippen molar-refractivity contribution in [2.75, 3.05) is 7.05 Å². The Hall–Kier alpha value is -1.61. The fourth-order valence-electron chi connectivity index (χ4n) is 2.22. The number of hydrogen-bond donors (Lipinski definition) is 1. The van der Waals surface area contributed by atoms with E-state index < -0.39 is 0 Å². The van der Waals surface area contributed by atoms with Crippen LogP contribution in [0.5, 0.6) is 0 Å². The molecule has 1 unspecified atom stereocenters. The number of nitrogens with zero attached hydrogens (tertiary/aromatic N) is 2. The van der Waals surface area contributed by atoms with E-state index in [9.17, 15) is 0 Å². The summed E-state index contributed by atoms with van der Waals surface area (Å²) in [6.07, 6.45) is 3.06. The quantitative estimate of drug-likeness (QED) is 0.871. The summed E-state index contributed by atoms with van der Waals surface area (Å²) in [5.41, 5.74) is 3.71. The molecule has 3 nitrogen and oxygen atoms in total. The van der Waals surface area contributed by atoms with E-state index in [0.717, 1.165) is 12.1 Å². The summed E-state index contributed by atoms with van der Waals surface area (Å²) in [6.45, 7) is 2.14. The van der Waals surface area contributed by atoms with Crippen LogP contribution in [0.1, 0.15) is 29.8 Å². The smallest absolute Gasteiger partial charge is 0.0673 e. The molecule has 2 aromatic rings. The predicted octanol–water partition coefficient (Wildman–Crippen LogP) is 2.29. The summed E-state index contributed by atoms with van der Waals surface area (Å²) >= 11 is 0. The molecule has 90 valence electrons. The molecule has 1 heterocycles. The lowest BCUT2D eigenvalue weighted by molar-refractivity contribution is 0.684. The fraction of sp³-hybridized carbons (Fsp3) is 0.357. The third-order valence-corrected chi connectivity index (χ3v) is 3.01. The maximum atomic E-state index is 4.50. The fourth-order valence-corrected chi connectivity index (χ4v) is 2.22. The van der Waals surface area contributed by atoms with Gasteiger partial charge in [0.25, 0.3) is 0 Å². The molecule has 0 saturated heterocycles.